The summed E-state index contributed by atoms with van der Waals surface area (Å²) in [4.78, 5) is 21.2. The van der Waals surface area contributed by atoms with Crippen LogP contribution in [0.3, 0.4) is 0 Å². The summed E-state index contributed by atoms with van der Waals surface area (Å²) in [6, 6.07) is 11.4. The van der Waals surface area contributed by atoms with Gasteiger partial charge in [-0.2, -0.15) is 0 Å². The van der Waals surface area contributed by atoms with Crippen LogP contribution in [0, 0.1) is 0 Å². The third kappa shape index (κ3) is 3.14. The van der Waals surface area contributed by atoms with Gasteiger partial charge in [-0.05, 0) is 29.3 Å². The van der Waals surface area contributed by atoms with Crippen LogP contribution < -0.4 is 5.32 Å². The molecule has 1 N–H and O–H groups in total. The summed E-state index contributed by atoms with van der Waals surface area (Å²) in [6.45, 7) is 0. The maximum atomic E-state index is 12.0. The zero-order valence-electron chi connectivity index (χ0n) is 12.0. The molecule has 0 aliphatic heterocycles. The number of para-hydroxylation sites is 1. The zero-order valence-corrected chi connectivity index (χ0v) is 14.5. The van der Waals surface area contributed by atoms with Gasteiger partial charge in [0.1, 0.15) is 11.4 Å². The molecule has 0 bridgehead atoms. The highest BCUT2D eigenvalue weighted by molar-refractivity contribution is 8.01. The average molecular weight is 371 g/mol. The van der Waals surface area contributed by atoms with E-state index in [0.29, 0.717) is 14.3 Å². The number of anilines is 1. The third-order valence-corrected chi connectivity index (χ3v) is 5.84. The SMILES string of the molecule is O=C(Nc1nnc(Sc2ncnc3ccccc23)s1)c1cccs1. The first-order valence-corrected chi connectivity index (χ1v) is 9.37. The number of aromatic nitrogens is 4. The Hall–Kier alpha value is -2.36. The van der Waals surface area contributed by atoms with E-state index in [4.69, 9.17) is 0 Å². The number of nitrogens with zero attached hydrogens (tertiary/aromatic N) is 4. The predicted molar refractivity (Wildman–Crippen MR) is 95.8 cm³/mol. The summed E-state index contributed by atoms with van der Waals surface area (Å²) in [7, 11) is 0. The normalized spacial score (nSPS) is 10.8. The molecular weight excluding hydrogens is 362 g/mol. The first-order chi connectivity index (χ1) is 11.8. The Morgan fingerprint density at radius 3 is 2.88 bits per heavy atom. The number of carbonyl (C=O) groups is 1. The maximum absolute atomic E-state index is 12.0. The molecule has 0 aliphatic carbocycles. The molecule has 0 saturated carbocycles. The molecule has 3 heterocycles. The van der Waals surface area contributed by atoms with E-state index in [0.717, 1.165) is 15.9 Å². The number of hydrogen-bond donors (Lipinski definition) is 1. The highest BCUT2D eigenvalue weighted by atomic mass is 32.2. The minimum atomic E-state index is -0.176. The quantitative estimate of drug-likeness (QED) is 0.432. The van der Waals surface area contributed by atoms with Gasteiger partial charge in [0.25, 0.3) is 5.91 Å². The predicted octanol–water partition coefficient (Wildman–Crippen LogP) is 3.95. The Labute approximate surface area is 149 Å². The van der Waals surface area contributed by atoms with Crippen LogP contribution in [0.1, 0.15) is 9.67 Å². The molecule has 4 aromatic rings. The molecule has 0 fully saturated rings. The van der Waals surface area contributed by atoms with Gasteiger partial charge < -0.3 is 0 Å². The van der Waals surface area contributed by atoms with Crippen LogP contribution in [0.15, 0.2) is 57.5 Å². The Balaban J connectivity index is 1.54. The van der Waals surface area contributed by atoms with Crippen LogP contribution in [-0.4, -0.2) is 26.1 Å². The van der Waals surface area contributed by atoms with Crippen LogP contribution in [-0.2, 0) is 0 Å². The van der Waals surface area contributed by atoms with E-state index in [1.54, 1.807) is 6.07 Å². The molecule has 4 rings (SSSR count). The van der Waals surface area contributed by atoms with Crippen LogP contribution in [0.5, 0.6) is 0 Å². The summed E-state index contributed by atoms with van der Waals surface area (Å²) >= 11 is 4.11. The van der Waals surface area contributed by atoms with E-state index in [2.05, 4.69) is 25.5 Å². The van der Waals surface area contributed by atoms with Crippen LogP contribution in [0.2, 0.25) is 0 Å². The third-order valence-electron chi connectivity index (χ3n) is 3.06. The molecule has 0 unspecified atom stereocenters. The Bertz CT molecular complexity index is 994. The van der Waals surface area contributed by atoms with E-state index < -0.39 is 0 Å². The molecule has 9 heteroatoms. The van der Waals surface area contributed by atoms with Crippen molar-refractivity contribution < 1.29 is 4.79 Å². The maximum Gasteiger partial charge on any atom is 0.267 e. The lowest BCUT2D eigenvalue weighted by atomic mass is 10.2. The topological polar surface area (TPSA) is 80.7 Å². The second-order valence-corrected chi connectivity index (χ2v) is 7.76. The van der Waals surface area contributed by atoms with Crippen molar-refractivity contribution in [1.29, 1.82) is 0 Å². The van der Waals surface area contributed by atoms with Crippen molar-refractivity contribution in [2.45, 2.75) is 9.37 Å². The molecule has 24 heavy (non-hydrogen) atoms. The molecule has 0 spiro atoms. The van der Waals surface area contributed by atoms with E-state index in [-0.39, 0.29) is 5.91 Å². The number of hydrogen-bond acceptors (Lipinski definition) is 8. The molecule has 3 aromatic heterocycles. The van der Waals surface area contributed by atoms with Gasteiger partial charge >= 0.3 is 0 Å². The number of benzene rings is 1. The van der Waals surface area contributed by atoms with E-state index >= 15 is 0 Å². The van der Waals surface area contributed by atoms with Crippen molar-refractivity contribution in [2.24, 2.45) is 0 Å². The number of carbonyl (C=O) groups excluding carboxylic acids is 1. The van der Waals surface area contributed by atoms with E-state index in [1.807, 2.05) is 35.7 Å². The number of thiophene rings is 1. The van der Waals surface area contributed by atoms with Crippen molar-refractivity contribution in [3.8, 4) is 0 Å². The van der Waals surface area contributed by atoms with Crippen molar-refractivity contribution >= 4 is 56.4 Å². The van der Waals surface area contributed by atoms with Gasteiger partial charge in [0.15, 0.2) is 4.34 Å². The monoisotopic (exact) mass is 371 g/mol. The summed E-state index contributed by atoms with van der Waals surface area (Å²) in [5, 5.41) is 15.0. The zero-order chi connectivity index (χ0) is 16.4. The molecule has 0 radical (unpaired) electrons. The number of rotatable bonds is 4. The second kappa shape index (κ2) is 6.63. The Morgan fingerprint density at radius 2 is 2.00 bits per heavy atom. The highest BCUT2D eigenvalue weighted by Crippen LogP contribution is 2.34. The Kier molecular flexibility index (Phi) is 4.20. The van der Waals surface area contributed by atoms with Gasteiger partial charge in [0.05, 0.1) is 10.4 Å². The lowest BCUT2D eigenvalue weighted by Crippen LogP contribution is -2.09. The van der Waals surface area contributed by atoms with Crippen LogP contribution in [0.4, 0.5) is 5.13 Å². The summed E-state index contributed by atoms with van der Waals surface area (Å²) in [6.07, 6.45) is 1.53. The average Bonchev–Trinajstić information content (AvgIpc) is 3.27. The van der Waals surface area contributed by atoms with Gasteiger partial charge in [-0.15, -0.1) is 21.5 Å². The summed E-state index contributed by atoms with van der Waals surface area (Å²) in [5.74, 6) is -0.176. The lowest BCUT2D eigenvalue weighted by molar-refractivity contribution is 0.103. The van der Waals surface area contributed by atoms with Crippen LogP contribution in [0.25, 0.3) is 10.9 Å². The fourth-order valence-electron chi connectivity index (χ4n) is 2.01. The minimum absolute atomic E-state index is 0.176. The standard InChI is InChI=1S/C15H9N5OS3/c21-12(11-6-3-7-22-11)18-14-19-20-15(24-14)23-13-9-4-1-2-5-10(9)16-8-17-13/h1-8H,(H,18,19,21). The second-order valence-electron chi connectivity index (χ2n) is 4.60. The molecule has 0 atom stereocenters. The molecule has 118 valence electrons. The highest BCUT2D eigenvalue weighted by Gasteiger charge is 2.13. The van der Waals surface area contributed by atoms with Gasteiger partial charge in [-0.1, -0.05) is 35.6 Å². The first-order valence-electron chi connectivity index (χ1n) is 6.85. The molecule has 1 amide bonds. The first kappa shape index (κ1) is 15.2. The number of amides is 1. The van der Waals surface area contributed by atoms with Gasteiger partial charge in [-0.3, -0.25) is 10.1 Å². The number of fused-ring (bicyclic) bond motifs is 1. The van der Waals surface area contributed by atoms with Crippen LogP contribution >= 0.6 is 34.4 Å². The van der Waals surface area contributed by atoms with Crippen molar-refractivity contribution in [3.05, 3.63) is 53.0 Å². The molecular formula is C15H9N5OS3. The van der Waals surface area contributed by atoms with Crippen molar-refractivity contribution in [3.63, 3.8) is 0 Å². The van der Waals surface area contributed by atoms with Gasteiger partial charge in [0, 0.05) is 5.39 Å². The molecule has 1 aromatic carbocycles. The summed E-state index contributed by atoms with van der Waals surface area (Å²) < 4.78 is 0.709. The molecule has 0 saturated heterocycles. The minimum Gasteiger partial charge on any atom is -0.296 e. The van der Waals surface area contributed by atoms with Crippen molar-refractivity contribution in [2.75, 3.05) is 5.32 Å². The summed E-state index contributed by atoms with van der Waals surface area (Å²) in [5.41, 5.74) is 0.880. The van der Waals surface area contributed by atoms with Crippen molar-refractivity contribution in [1.82, 2.24) is 20.2 Å². The van der Waals surface area contributed by atoms with E-state index in [9.17, 15) is 4.79 Å². The largest absolute Gasteiger partial charge is 0.296 e. The smallest absolute Gasteiger partial charge is 0.267 e. The molecule has 0 aliphatic rings. The number of nitrogens with one attached hydrogen (secondary N) is 1. The van der Waals surface area contributed by atoms with Gasteiger partial charge in [0.2, 0.25) is 5.13 Å². The Morgan fingerprint density at radius 1 is 1.08 bits per heavy atom. The molecule has 6 nitrogen and oxygen atoms in total. The van der Waals surface area contributed by atoms with E-state index in [1.165, 1.54) is 40.8 Å². The fraction of sp³-hybridized carbons (Fsp3) is 0. The fourth-order valence-corrected chi connectivity index (χ4v) is 4.37. The lowest BCUT2D eigenvalue weighted by Gasteiger charge is -2.01. The van der Waals surface area contributed by atoms with Gasteiger partial charge in [-0.25, -0.2) is 9.97 Å².